The van der Waals surface area contributed by atoms with Crippen LogP contribution >= 0.6 is 0 Å². The minimum Gasteiger partial charge on any atom is -0.464 e. The molecule has 1 rings (SSSR count). The second-order valence-electron chi connectivity index (χ2n) is 2.08. The van der Waals surface area contributed by atoms with E-state index in [-0.39, 0.29) is 17.1 Å². The van der Waals surface area contributed by atoms with Crippen molar-refractivity contribution in [3.63, 3.8) is 0 Å². The first kappa shape index (κ1) is 12.6. The minimum absolute atomic E-state index is 0. The zero-order valence-electron chi connectivity index (χ0n) is 6.45. The van der Waals surface area contributed by atoms with Gasteiger partial charge in [-0.15, -0.1) is 6.42 Å². The molecule has 0 aromatic heterocycles. The molecule has 0 aliphatic heterocycles. The van der Waals surface area contributed by atoms with Crippen LogP contribution in [0.2, 0.25) is 0 Å². The van der Waals surface area contributed by atoms with E-state index in [1.807, 2.05) is 26.2 Å². The normalized spacial score (nSPS) is 12.4. The minimum atomic E-state index is 0. The van der Waals surface area contributed by atoms with Gasteiger partial charge in [0.2, 0.25) is 0 Å². The largest absolute Gasteiger partial charge is 2.00 e. The summed E-state index contributed by atoms with van der Waals surface area (Å²) in [5, 5.41) is 0. The van der Waals surface area contributed by atoms with E-state index in [9.17, 15) is 0 Å². The second-order valence-corrected chi connectivity index (χ2v) is 2.08. The summed E-state index contributed by atoms with van der Waals surface area (Å²) in [7, 11) is 7.25. The van der Waals surface area contributed by atoms with Gasteiger partial charge < -0.3 is 4.90 Å². The molecule has 0 N–H and O–H groups in total. The van der Waals surface area contributed by atoms with Gasteiger partial charge >= 0.3 is 17.1 Å². The van der Waals surface area contributed by atoms with Crippen LogP contribution < -0.4 is 0 Å². The topological polar surface area (TPSA) is 3.24 Å². The van der Waals surface area contributed by atoms with E-state index in [1.54, 1.807) is 4.90 Å². The maximum absolute atomic E-state index is 3.47. The molecule has 2 heteroatoms. The van der Waals surface area contributed by atoms with Crippen molar-refractivity contribution in [2.45, 2.75) is 6.42 Å². The molecule has 0 bridgehead atoms. The zero-order valence-corrected chi connectivity index (χ0v) is 7.55. The van der Waals surface area contributed by atoms with E-state index < -0.39 is 0 Å². The summed E-state index contributed by atoms with van der Waals surface area (Å²) in [4.78, 5) is 1.75. The summed E-state index contributed by atoms with van der Waals surface area (Å²) in [6.45, 7) is 0. The van der Waals surface area contributed by atoms with Crippen molar-refractivity contribution < 1.29 is 17.1 Å². The van der Waals surface area contributed by atoms with Gasteiger partial charge in [0, 0.05) is 0 Å². The van der Waals surface area contributed by atoms with E-state index >= 15 is 0 Å². The summed E-state index contributed by atoms with van der Waals surface area (Å²) in [6.07, 6.45) is 10.0. The summed E-state index contributed by atoms with van der Waals surface area (Å²) in [5.74, 6) is 0. The Morgan fingerprint density at radius 2 is 2.00 bits per heavy atom. The Kier molecular flexibility index (Phi) is 11.3. The fourth-order valence-electron chi connectivity index (χ4n) is 0.340. The average molecular weight is 179 g/mol. The van der Waals surface area contributed by atoms with E-state index in [2.05, 4.69) is 19.2 Å². The number of hydrogen-bond acceptors (Lipinski definition) is 1. The Morgan fingerprint density at radius 3 is 2.10 bits per heavy atom. The van der Waals surface area contributed by atoms with Crippen LogP contribution in [0.3, 0.4) is 0 Å². The Labute approximate surface area is 74.3 Å². The van der Waals surface area contributed by atoms with Gasteiger partial charge in [0.1, 0.15) is 0 Å². The fraction of sp³-hybridized carbons (Fsp3) is 0.375. The Morgan fingerprint density at radius 1 is 1.50 bits per heavy atom. The molecule has 1 aliphatic rings. The van der Waals surface area contributed by atoms with Crippen LogP contribution in [0.1, 0.15) is 6.42 Å². The molecule has 0 fully saturated rings. The molecule has 0 amide bonds. The van der Waals surface area contributed by atoms with Crippen molar-refractivity contribution in [1.82, 2.24) is 4.90 Å². The quantitative estimate of drug-likeness (QED) is 0.403. The van der Waals surface area contributed by atoms with Crippen molar-refractivity contribution in [1.29, 1.82) is 0 Å². The van der Waals surface area contributed by atoms with Crippen molar-refractivity contribution in [3.05, 3.63) is 31.4 Å². The molecule has 0 saturated carbocycles. The zero-order chi connectivity index (χ0) is 7.11. The van der Waals surface area contributed by atoms with Crippen molar-refractivity contribution in [2.24, 2.45) is 0 Å². The van der Waals surface area contributed by atoms with Gasteiger partial charge in [-0.1, -0.05) is 0 Å². The summed E-state index contributed by atoms with van der Waals surface area (Å²) >= 11 is 0. The molecule has 0 saturated heterocycles. The van der Waals surface area contributed by atoms with Crippen LogP contribution in [0.25, 0.3) is 0 Å². The van der Waals surface area contributed by atoms with Crippen LogP contribution in [-0.4, -0.2) is 19.0 Å². The number of nitrogens with zero attached hydrogens (tertiary/aromatic N) is 1. The third-order valence-corrected chi connectivity index (χ3v) is 0.586. The van der Waals surface area contributed by atoms with E-state index in [1.165, 1.54) is 0 Å². The number of hydrogen-bond donors (Lipinski definition) is 0. The summed E-state index contributed by atoms with van der Waals surface area (Å²) < 4.78 is 0. The van der Waals surface area contributed by atoms with Crippen molar-refractivity contribution in [2.75, 3.05) is 14.1 Å². The van der Waals surface area contributed by atoms with Gasteiger partial charge in [-0.05, 0) is 14.1 Å². The summed E-state index contributed by atoms with van der Waals surface area (Å²) in [5.41, 5.74) is 0. The van der Waals surface area contributed by atoms with Crippen LogP contribution in [0, 0.1) is 13.1 Å². The molecule has 0 heterocycles. The first-order valence-electron chi connectivity index (χ1n) is 2.93. The molecule has 58 valence electrons. The Bertz CT molecular complexity index is 93.1. The van der Waals surface area contributed by atoms with Crippen LogP contribution in [0.4, 0.5) is 0 Å². The molecule has 1 nitrogen and oxygen atoms in total. The molecule has 0 aromatic rings. The maximum Gasteiger partial charge on any atom is 2.00 e. The van der Waals surface area contributed by atoms with Gasteiger partial charge in [-0.3, -0.25) is 13.1 Å². The van der Waals surface area contributed by atoms with Crippen LogP contribution in [0.5, 0.6) is 0 Å². The molecule has 0 unspecified atom stereocenters. The first-order valence-corrected chi connectivity index (χ1v) is 2.93. The average Bonchev–Trinajstić information content (AvgIpc) is 2.11. The molecule has 10 heavy (non-hydrogen) atoms. The Hall–Kier alpha value is -0.0405. The van der Waals surface area contributed by atoms with E-state index in [4.69, 9.17) is 0 Å². The number of rotatable bonds is 0. The van der Waals surface area contributed by atoms with Crippen molar-refractivity contribution in [3.8, 4) is 0 Å². The molecule has 1 aliphatic carbocycles. The monoisotopic (exact) mass is 179 g/mol. The van der Waals surface area contributed by atoms with Gasteiger partial charge in [-0.25, -0.2) is 12.2 Å². The van der Waals surface area contributed by atoms with E-state index in [0.717, 1.165) is 6.42 Å². The SMILES string of the molecule is [C-]1=CC=CC1.[CH2-]N(C)C.[Fe+2]. The molecule has 0 spiro atoms. The van der Waals surface area contributed by atoms with Gasteiger partial charge in [0.05, 0.1) is 0 Å². The van der Waals surface area contributed by atoms with Crippen LogP contribution in [-0.2, 0) is 17.1 Å². The first-order chi connectivity index (χ1) is 4.23. The molecular formula is C8H13FeN. The van der Waals surface area contributed by atoms with E-state index in [0.29, 0.717) is 0 Å². The fourth-order valence-corrected chi connectivity index (χ4v) is 0.340. The number of allylic oxidation sites excluding steroid dienone is 4. The van der Waals surface area contributed by atoms with Gasteiger partial charge in [0.15, 0.2) is 0 Å². The van der Waals surface area contributed by atoms with Gasteiger partial charge in [-0.2, -0.15) is 6.08 Å². The third-order valence-electron chi connectivity index (χ3n) is 0.586. The van der Waals surface area contributed by atoms with Crippen molar-refractivity contribution >= 4 is 0 Å². The molecule has 0 radical (unpaired) electrons. The standard InChI is InChI=1S/C5H5.C3H8N.Fe/c1-2-4-5-3-1;1-4(2)3;/h1-3H,4H2;1H2,2-3H3;/q2*-1;+2. The third kappa shape index (κ3) is 15.7. The van der Waals surface area contributed by atoms with Gasteiger partial charge in [0.25, 0.3) is 0 Å². The predicted octanol–water partition coefficient (Wildman–Crippen LogP) is 1.64. The Balaban J connectivity index is 0. The summed E-state index contributed by atoms with van der Waals surface area (Å²) in [6, 6.07) is 0. The molecule has 0 atom stereocenters. The molecule has 0 aromatic carbocycles. The maximum atomic E-state index is 3.47. The molecular weight excluding hydrogens is 166 g/mol. The predicted molar refractivity (Wildman–Crippen MR) is 40.6 cm³/mol. The smallest absolute Gasteiger partial charge is 0.464 e. The van der Waals surface area contributed by atoms with Crippen LogP contribution in [0.15, 0.2) is 18.2 Å². The second kappa shape index (κ2) is 8.96.